The Labute approximate surface area is 426 Å². The molecule has 6 rings (SSSR count). The van der Waals surface area contributed by atoms with E-state index in [9.17, 15) is 0 Å². The number of hydrogen-bond acceptors (Lipinski definition) is 12. The summed E-state index contributed by atoms with van der Waals surface area (Å²) in [4.78, 5) is 0. The van der Waals surface area contributed by atoms with Gasteiger partial charge in [0, 0.05) is 40.3 Å². The second-order valence-corrected chi connectivity index (χ2v) is 56.3. The topological polar surface area (TPSA) is 111 Å². The van der Waals surface area contributed by atoms with Crippen LogP contribution >= 0.6 is 0 Å². The summed E-state index contributed by atoms with van der Waals surface area (Å²) >= 11 is 0. The Morgan fingerprint density at radius 2 is 0.250 bits per heavy atom. The van der Waals surface area contributed by atoms with E-state index in [0.717, 1.165) is 103 Å². The van der Waals surface area contributed by atoms with E-state index in [2.05, 4.69) is 166 Å². The van der Waals surface area contributed by atoms with Gasteiger partial charge in [0.2, 0.25) is 0 Å². The quantitative estimate of drug-likeness (QED) is 0.0858. The van der Waals surface area contributed by atoms with Gasteiger partial charge in [-0.2, -0.15) is 0 Å². The molecule has 0 aromatic carbocycles. The van der Waals surface area contributed by atoms with E-state index in [1.807, 2.05) is 0 Å². The number of hydrogen-bond donors (Lipinski definition) is 0. The highest BCUT2D eigenvalue weighted by Gasteiger charge is 2.92. The fourth-order valence-corrected chi connectivity index (χ4v) is 73.1. The van der Waals surface area contributed by atoms with Crippen LogP contribution < -0.4 is 0 Å². The Balaban J connectivity index is 2.29. The summed E-state index contributed by atoms with van der Waals surface area (Å²) < 4.78 is 104. The zero-order chi connectivity index (χ0) is 51.8. The van der Waals surface area contributed by atoms with Crippen molar-refractivity contribution in [2.45, 2.75) is 309 Å². The molecule has 0 aromatic rings. The lowest BCUT2D eigenvalue weighted by Gasteiger charge is -2.72. The lowest BCUT2D eigenvalue weighted by atomic mass is 10.1. The van der Waals surface area contributed by atoms with Crippen LogP contribution in [-0.2, 0) is 49.4 Å². The average Bonchev–Trinajstić information content (AvgIpc) is 3.12. The van der Waals surface area contributed by atoms with Crippen molar-refractivity contribution in [2.24, 2.45) is 0 Å². The third-order valence-electron chi connectivity index (χ3n) is 16.9. The maximum absolute atomic E-state index is 8.63. The van der Waals surface area contributed by atoms with Crippen LogP contribution in [0.5, 0.6) is 0 Å². The summed E-state index contributed by atoms with van der Waals surface area (Å²) in [6.45, 7) is 54.2. The van der Waals surface area contributed by atoms with Gasteiger partial charge in [-0.1, -0.05) is 218 Å². The molecule has 6 heterocycles. The van der Waals surface area contributed by atoms with Crippen LogP contribution in [0.25, 0.3) is 0 Å². The third kappa shape index (κ3) is 9.40. The molecular formula is C48H104O12Si8. The molecule has 8 bridgehead atoms. The molecule has 400 valence electrons. The van der Waals surface area contributed by atoms with Crippen molar-refractivity contribution >= 4 is 70.4 Å². The van der Waals surface area contributed by atoms with E-state index < -0.39 is 111 Å². The van der Waals surface area contributed by atoms with Crippen LogP contribution in [-0.4, -0.2) is 70.4 Å². The lowest BCUT2D eigenvalue weighted by Crippen LogP contribution is -2.94. The van der Waals surface area contributed by atoms with Gasteiger partial charge >= 0.3 is 70.4 Å². The van der Waals surface area contributed by atoms with Crippen molar-refractivity contribution in [1.82, 2.24) is 0 Å². The first-order valence-electron chi connectivity index (χ1n) is 27.4. The van der Waals surface area contributed by atoms with Crippen LogP contribution in [0.1, 0.15) is 269 Å². The van der Waals surface area contributed by atoms with Gasteiger partial charge in [-0.05, 0) is 51.4 Å². The summed E-state index contributed by atoms with van der Waals surface area (Å²) in [5, 5.41) is -5.81. The average molecular weight is 1100 g/mol. The van der Waals surface area contributed by atoms with Gasteiger partial charge in [0.1, 0.15) is 0 Å². The third-order valence-corrected chi connectivity index (χ3v) is 57.9. The molecule has 0 spiro atoms. The molecule has 6 fully saturated rings. The highest BCUT2D eigenvalue weighted by atomic mass is 28.6. The van der Waals surface area contributed by atoms with Crippen LogP contribution in [0, 0.1) is 0 Å². The molecule has 0 saturated carbocycles. The van der Waals surface area contributed by atoms with Crippen molar-refractivity contribution in [1.29, 1.82) is 0 Å². The minimum Gasteiger partial charge on any atom is -0.373 e. The minimum atomic E-state index is -4.39. The Hall–Kier alpha value is 1.26. The van der Waals surface area contributed by atoms with Crippen molar-refractivity contribution < 1.29 is 49.4 Å². The first-order chi connectivity index (χ1) is 31.0. The van der Waals surface area contributed by atoms with Gasteiger partial charge in [0.15, 0.2) is 0 Å². The molecule has 0 aliphatic carbocycles. The number of rotatable bonds is 24. The molecule has 68 heavy (non-hydrogen) atoms. The molecule has 6 aliphatic rings. The van der Waals surface area contributed by atoms with E-state index in [1.54, 1.807) is 0 Å². The molecule has 0 atom stereocenters. The fraction of sp³-hybridized carbons (Fsp3) is 1.00. The van der Waals surface area contributed by atoms with E-state index in [0.29, 0.717) is 0 Å². The molecule has 0 radical (unpaired) electrons. The minimum absolute atomic E-state index is 0.727. The zero-order valence-corrected chi connectivity index (χ0v) is 56.2. The van der Waals surface area contributed by atoms with Gasteiger partial charge in [0.05, 0.1) is 0 Å². The molecule has 12 nitrogen and oxygen atoms in total. The summed E-state index contributed by atoms with van der Waals surface area (Å²) in [5.74, 6) is 0. The van der Waals surface area contributed by atoms with Gasteiger partial charge in [0.25, 0.3) is 0 Å². The molecule has 0 aromatic heterocycles. The van der Waals surface area contributed by atoms with Crippen molar-refractivity contribution in [3.8, 4) is 0 Å². The molecule has 0 N–H and O–H groups in total. The summed E-state index contributed by atoms with van der Waals surface area (Å²) in [6, 6.07) is 0. The fourth-order valence-electron chi connectivity index (χ4n) is 12.2. The highest BCUT2D eigenvalue weighted by Crippen LogP contribution is 2.71. The first kappa shape index (κ1) is 60.1. The smallest absolute Gasteiger partial charge is 0.373 e. The van der Waals surface area contributed by atoms with Gasteiger partial charge in [-0.3, -0.25) is 0 Å². The van der Waals surface area contributed by atoms with Crippen molar-refractivity contribution in [3.05, 3.63) is 0 Å². The Kier molecular flexibility index (Phi) is 17.4. The standard InChI is InChI=1S/C48H104O12Si8/c1-25-33-41(9,10)61-49-62(42(11,12)34-26-2)52-65(45(17,18)37-29-5)54-63(50-61,43(13,14)35-27-3)56-67(47(21,22)39-31-7)57-64(51-61,44(15,16)36-28-4)55-66(53-62,46(19,20)38-30-6)59-68(58-65,60-67)48(23,24)40-32-8/h25-40H2,1-24H3. The maximum Gasteiger partial charge on any atom is 0.484 e. The van der Waals surface area contributed by atoms with Crippen molar-refractivity contribution in [2.75, 3.05) is 0 Å². The zero-order valence-electron chi connectivity index (χ0n) is 48.2. The monoisotopic (exact) mass is 1100 g/mol. The first-order valence-corrected chi connectivity index (χ1v) is 41.2. The second-order valence-electron chi connectivity index (χ2n) is 26.7. The van der Waals surface area contributed by atoms with Gasteiger partial charge in [-0.25, -0.2) is 0 Å². The maximum atomic E-state index is 8.63. The normalized spacial score (nSPS) is 36.4. The van der Waals surface area contributed by atoms with Crippen LogP contribution in [0.2, 0.25) is 40.3 Å². The molecule has 6 aliphatic heterocycles. The summed E-state index contributed by atoms with van der Waals surface area (Å²) in [5.41, 5.74) is 0. The largest absolute Gasteiger partial charge is 0.484 e. The van der Waals surface area contributed by atoms with Crippen LogP contribution in [0.15, 0.2) is 0 Å². The highest BCUT2D eigenvalue weighted by molar-refractivity contribution is 7.06. The summed E-state index contributed by atoms with van der Waals surface area (Å²) in [7, 11) is -35.1. The summed E-state index contributed by atoms with van der Waals surface area (Å²) in [6.07, 6.45) is 12.7. The van der Waals surface area contributed by atoms with E-state index >= 15 is 0 Å². The van der Waals surface area contributed by atoms with Crippen LogP contribution in [0.4, 0.5) is 0 Å². The molecule has 20 heteroatoms. The lowest BCUT2D eigenvalue weighted by molar-refractivity contribution is -0.0711. The predicted octanol–water partition coefficient (Wildman–Crippen LogP) is 16.4. The van der Waals surface area contributed by atoms with Gasteiger partial charge < -0.3 is 49.4 Å². The van der Waals surface area contributed by atoms with Crippen molar-refractivity contribution in [3.63, 3.8) is 0 Å². The molecular weight excluding hydrogens is 993 g/mol. The van der Waals surface area contributed by atoms with Crippen LogP contribution in [0.3, 0.4) is 0 Å². The Morgan fingerprint density at radius 3 is 0.309 bits per heavy atom. The second kappa shape index (κ2) is 19.7. The van der Waals surface area contributed by atoms with E-state index in [1.165, 1.54) is 0 Å². The Bertz CT molecular complexity index is 1320. The molecule has 0 amide bonds. The molecule has 0 unspecified atom stereocenters. The molecule has 6 saturated heterocycles. The predicted molar refractivity (Wildman–Crippen MR) is 291 cm³/mol. The van der Waals surface area contributed by atoms with Gasteiger partial charge in [-0.15, -0.1) is 0 Å². The van der Waals surface area contributed by atoms with E-state index in [-0.39, 0.29) is 0 Å². The van der Waals surface area contributed by atoms with E-state index in [4.69, 9.17) is 49.4 Å². The SMILES string of the molecule is CCCC(C)(C)[Si]12O[Si]3(C(C)(C)CCC)O[Si]4(C(C)(C)CCC)O[Si](C(C)(C)CCC)(O1)O[Si]1(C(C)(C)CCC)O[Si](C(C)(C)CCC)(O2)O[Si](C(C)(C)CCC)(O3)O[Si](C(C)(C)CCC)(O4)O1. The Morgan fingerprint density at radius 1 is 0.176 bits per heavy atom.